The Kier molecular flexibility index (Phi) is 4.81. The Bertz CT molecular complexity index is 355. The van der Waals surface area contributed by atoms with E-state index in [0.717, 1.165) is 25.9 Å². The third kappa shape index (κ3) is 3.88. The molecule has 100 valence electrons. The third-order valence-electron chi connectivity index (χ3n) is 3.64. The fourth-order valence-corrected chi connectivity index (χ4v) is 2.40. The topological polar surface area (TPSA) is 48.1 Å². The quantitative estimate of drug-likeness (QED) is 0.831. The van der Waals surface area contributed by atoms with Crippen LogP contribution in [-0.2, 0) is 11.2 Å². The molecule has 1 unspecified atom stereocenters. The molecule has 1 aromatic heterocycles. The molecule has 0 spiro atoms. The number of hydrogen-bond acceptors (Lipinski definition) is 2. The zero-order valence-electron chi connectivity index (χ0n) is 11.1. The molecule has 1 saturated heterocycles. The summed E-state index contributed by atoms with van der Waals surface area (Å²) in [5.74, 6) is 0.251. The highest BCUT2D eigenvalue weighted by Gasteiger charge is 2.18. The number of carbonyl (C=O) groups is 1. The molecule has 0 bridgehead atoms. The molecule has 0 saturated carbocycles. The fourth-order valence-electron chi connectivity index (χ4n) is 2.40. The van der Waals surface area contributed by atoms with Crippen LogP contribution in [0, 0.1) is 0 Å². The molecule has 1 amide bonds. The first-order valence-electron chi connectivity index (χ1n) is 6.85. The van der Waals surface area contributed by atoms with Crippen LogP contribution >= 0.6 is 0 Å². The second-order valence-corrected chi connectivity index (χ2v) is 5.11. The molecule has 0 aliphatic carbocycles. The molecule has 2 N–H and O–H groups in total. The van der Waals surface area contributed by atoms with Crippen molar-refractivity contribution < 1.29 is 4.79 Å². The van der Waals surface area contributed by atoms with E-state index in [2.05, 4.69) is 16.4 Å². The number of likely N-dealkylation sites (N-methyl/N-ethyl adjacent to an activating group) is 1. The van der Waals surface area contributed by atoms with Crippen molar-refractivity contribution in [1.82, 2.24) is 15.2 Å². The Hall–Kier alpha value is -1.29. The van der Waals surface area contributed by atoms with E-state index in [4.69, 9.17) is 0 Å². The minimum Gasteiger partial charge on any atom is -0.365 e. The average molecular weight is 249 g/mol. The average Bonchev–Trinajstić information content (AvgIpc) is 2.90. The second-order valence-electron chi connectivity index (χ2n) is 5.11. The molecule has 0 radical (unpaired) electrons. The van der Waals surface area contributed by atoms with Gasteiger partial charge in [0, 0.05) is 44.4 Å². The molecule has 1 atom stereocenters. The Balaban J connectivity index is 1.70. The first-order chi connectivity index (χ1) is 8.75. The van der Waals surface area contributed by atoms with Crippen LogP contribution in [-0.4, -0.2) is 42.0 Å². The lowest BCUT2D eigenvalue weighted by molar-refractivity contribution is -0.130. The van der Waals surface area contributed by atoms with Crippen molar-refractivity contribution in [2.45, 2.75) is 38.1 Å². The Morgan fingerprint density at radius 3 is 3.06 bits per heavy atom. The number of piperidine rings is 1. The molecule has 1 fully saturated rings. The lowest BCUT2D eigenvalue weighted by Gasteiger charge is -2.25. The summed E-state index contributed by atoms with van der Waals surface area (Å²) < 4.78 is 0. The summed E-state index contributed by atoms with van der Waals surface area (Å²) in [5.41, 5.74) is 1.19. The zero-order chi connectivity index (χ0) is 12.8. The van der Waals surface area contributed by atoms with Gasteiger partial charge in [-0.25, -0.2) is 0 Å². The van der Waals surface area contributed by atoms with E-state index in [1.807, 2.05) is 24.2 Å². The van der Waals surface area contributed by atoms with Gasteiger partial charge in [-0.05, 0) is 31.5 Å². The van der Waals surface area contributed by atoms with Gasteiger partial charge < -0.3 is 15.2 Å². The minimum atomic E-state index is 0.251. The molecule has 4 nitrogen and oxygen atoms in total. The van der Waals surface area contributed by atoms with Crippen LogP contribution in [0.4, 0.5) is 0 Å². The molecule has 1 aliphatic heterocycles. The molecule has 1 aromatic rings. The summed E-state index contributed by atoms with van der Waals surface area (Å²) in [5, 5.41) is 3.42. The lowest BCUT2D eigenvalue weighted by atomic mass is 10.0. The lowest BCUT2D eigenvalue weighted by Crippen LogP contribution is -2.39. The number of aromatic amines is 1. The second kappa shape index (κ2) is 6.59. The molecule has 4 heteroatoms. The van der Waals surface area contributed by atoms with Gasteiger partial charge in [0.05, 0.1) is 0 Å². The van der Waals surface area contributed by atoms with Gasteiger partial charge in [0.25, 0.3) is 0 Å². The van der Waals surface area contributed by atoms with Crippen molar-refractivity contribution in [3.8, 4) is 0 Å². The van der Waals surface area contributed by atoms with Crippen LogP contribution in [0.1, 0.15) is 31.4 Å². The van der Waals surface area contributed by atoms with Gasteiger partial charge in [0.15, 0.2) is 0 Å². The van der Waals surface area contributed by atoms with Crippen LogP contribution in [0.25, 0.3) is 0 Å². The van der Waals surface area contributed by atoms with Crippen LogP contribution < -0.4 is 5.32 Å². The predicted octanol–water partition coefficient (Wildman–Crippen LogP) is 1.55. The fraction of sp³-hybridized carbons (Fsp3) is 0.643. The molecule has 18 heavy (non-hydrogen) atoms. The number of aromatic nitrogens is 1. The first kappa shape index (κ1) is 13.1. The monoisotopic (exact) mass is 249 g/mol. The van der Waals surface area contributed by atoms with Gasteiger partial charge in [-0.3, -0.25) is 4.79 Å². The van der Waals surface area contributed by atoms with Crippen LogP contribution in [0.2, 0.25) is 0 Å². The molecule has 1 aliphatic rings. The van der Waals surface area contributed by atoms with Crippen molar-refractivity contribution in [2.75, 3.05) is 20.1 Å². The van der Waals surface area contributed by atoms with Crippen LogP contribution in [0.15, 0.2) is 18.3 Å². The maximum absolute atomic E-state index is 12.0. The summed E-state index contributed by atoms with van der Waals surface area (Å²) in [4.78, 5) is 17.1. The number of nitrogens with zero attached hydrogens (tertiary/aromatic N) is 1. The van der Waals surface area contributed by atoms with Gasteiger partial charge in [0.2, 0.25) is 5.91 Å². The maximum atomic E-state index is 12.0. The summed E-state index contributed by atoms with van der Waals surface area (Å²) in [6.45, 7) is 1.84. The van der Waals surface area contributed by atoms with E-state index in [9.17, 15) is 4.79 Å². The highest BCUT2D eigenvalue weighted by Crippen LogP contribution is 2.11. The van der Waals surface area contributed by atoms with E-state index in [-0.39, 0.29) is 5.91 Å². The van der Waals surface area contributed by atoms with Crippen molar-refractivity contribution >= 4 is 5.91 Å². The van der Waals surface area contributed by atoms with Crippen molar-refractivity contribution in [1.29, 1.82) is 0 Å². The molecule has 2 heterocycles. The Labute approximate surface area is 109 Å². The summed E-state index contributed by atoms with van der Waals surface area (Å²) in [6.07, 6.45) is 7.08. The van der Waals surface area contributed by atoms with Crippen molar-refractivity contribution in [3.63, 3.8) is 0 Å². The Morgan fingerprint density at radius 2 is 2.39 bits per heavy atom. The maximum Gasteiger partial charge on any atom is 0.223 e. The largest absolute Gasteiger partial charge is 0.365 e. The zero-order valence-corrected chi connectivity index (χ0v) is 11.1. The SMILES string of the molecule is CN(CCc1ccc[nH]1)C(=O)CC1CCCCN1. The van der Waals surface area contributed by atoms with Gasteiger partial charge in [0.1, 0.15) is 0 Å². The standard InChI is InChI=1S/C14H23N3O/c1-17(10-7-12-6-4-9-15-12)14(18)11-13-5-2-3-8-16-13/h4,6,9,13,15-16H,2-3,5,7-8,10-11H2,1H3. The van der Waals surface area contributed by atoms with E-state index >= 15 is 0 Å². The third-order valence-corrected chi connectivity index (χ3v) is 3.64. The highest BCUT2D eigenvalue weighted by atomic mass is 16.2. The van der Waals surface area contributed by atoms with E-state index < -0.39 is 0 Å². The number of rotatable bonds is 5. The van der Waals surface area contributed by atoms with Gasteiger partial charge >= 0.3 is 0 Å². The number of carbonyl (C=O) groups excluding carboxylic acids is 1. The molecule has 2 rings (SSSR count). The number of amides is 1. The van der Waals surface area contributed by atoms with Gasteiger partial charge in [-0.1, -0.05) is 6.42 Å². The predicted molar refractivity (Wildman–Crippen MR) is 72.4 cm³/mol. The van der Waals surface area contributed by atoms with Crippen LogP contribution in [0.3, 0.4) is 0 Å². The van der Waals surface area contributed by atoms with E-state index in [1.165, 1.54) is 18.5 Å². The normalized spacial score (nSPS) is 19.7. The smallest absolute Gasteiger partial charge is 0.223 e. The summed E-state index contributed by atoms with van der Waals surface area (Å²) in [6, 6.07) is 4.43. The first-order valence-corrected chi connectivity index (χ1v) is 6.85. The number of hydrogen-bond donors (Lipinski definition) is 2. The molecular weight excluding hydrogens is 226 g/mol. The van der Waals surface area contributed by atoms with Crippen molar-refractivity contribution in [3.05, 3.63) is 24.0 Å². The minimum absolute atomic E-state index is 0.251. The highest BCUT2D eigenvalue weighted by molar-refractivity contribution is 5.76. The van der Waals surface area contributed by atoms with Crippen molar-refractivity contribution in [2.24, 2.45) is 0 Å². The number of H-pyrrole nitrogens is 1. The molecule has 0 aromatic carbocycles. The van der Waals surface area contributed by atoms with Gasteiger partial charge in [-0.15, -0.1) is 0 Å². The molecular formula is C14H23N3O. The van der Waals surface area contributed by atoms with Gasteiger partial charge in [-0.2, -0.15) is 0 Å². The Morgan fingerprint density at radius 1 is 1.50 bits per heavy atom. The van der Waals surface area contributed by atoms with E-state index in [1.54, 1.807) is 0 Å². The summed E-state index contributed by atoms with van der Waals surface area (Å²) >= 11 is 0. The van der Waals surface area contributed by atoms with Crippen LogP contribution in [0.5, 0.6) is 0 Å². The number of nitrogens with one attached hydrogen (secondary N) is 2. The summed E-state index contributed by atoms with van der Waals surface area (Å²) in [7, 11) is 1.90. The van der Waals surface area contributed by atoms with E-state index in [0.29, 0.717) is 12.5 Å².